The number of likely N-dealkylation sites (tertiary alicyclic amines) is 1. The molecule has 3 fully saturated rings. The third-order valence-corrected chi connectivity index (χ3v) is 6.07. The van der Waals surface area contributed by atoms with E-state index in [0.717, 1.165) is 44.8 Å². The van der Waals surface area contributed by atoms with Gasteiger partial charge in [-0.15, -0.1) is 0 Å². The molecule has 0 aromatic heterocycles. The first-order valence-electron chi connectivity index (χ1n) is 9.69. The molecule has 1 saturated heterocycles. The fourth-order valence-electron chi connectivity index (χ4n) is 4.24. The molecular formula is C20H26F2N2O2. The Balaban J connectivity index is 1.41. The number of amides is 1. The van der Waals surface area contributed by atoms with Crippen molar-refractivity contribution in [1.82, 2.24) is 10.2 Å². The van der Waals surface area contributed by atoms with Gasteiger partial charge in [0, 0.05) is 42.7 Å². The molecular weight excluding hydrogens is 338 g/mol. The molecule has 26 heavy (non-hydrogen) atoms. The number of rotatable bonds is 5. The highest BCUT2D eigenvalue weighted by molar-refractivity contribution is 5.81. The van der Waals surface area contributed by atoms with Crippen molar-refractivity contribution in [2.75, 3.05) is 13.1 Å². The summed E-state index contributed by atoms with van der Waals surface area (Å²) in [6.07, 6.45) is 4.66. The molecule has 1 atom stereocenters. The third kappa shape index (κ3) is 3.76. The smallest absolute Gasteiger partial charge is 0.225 e. The zero-order chi connectivity index (χ0) is 18.3. The van der Waals surface area contributed by atoms with Crippen LogP contribution in [-0.2, 0) is 4.79 Å². The van der Waals surface area contributed by atoms with Gasteiger partial charge in [0.05, 0.1) is 6.10 Å². The monoisotopic (exact) mass is 364 g/mol. The molecule has 0 radical (unpaired) electrons. The quantitative estimate of drug-likeness (QED) is 0.845. The lowest BCUT2D eigenvalue weighted by molar-refractivity contribution is -0.133. The normalized spacial score (nSPS) is 27.9. The van der Waals surface area contributed by atoms with Crippen LogP contribution in [0.3, 0.4) is 0 Å². The van der Waals surface area contributed by atoms with E-state index in [2.05, 4.69) is 5.32 Å². The van der Waals surface area contributed by atoms with E-state index in [-0.39, 0.29) is 35.9 Å². The molecule has 2 saturated carbocycles. The van der Waals surface area contributed by atoms with Crippen LogP contribution in [0, 0.1) is 23.5 Å². The standard InChI is InChI=1S/C20H26F2N2O2/c21-14-3-4-17(18(22)11-14)19(13-9-16(25)10-13)23-15-5-7-24(8-6-15)20(26)12-1-2-12/h3-4,11-13,15-16,19,23,25H,1-2,5-10H2/t13?,16?,19-/m0/s1. The molecule has 4 rings (SSSR count). The van der Waals surface area contributed by atoms with Gasteiger partial charge in [0.25, 0.3) is 0 Å². The third-order valence-electron chi connectivity index (χ3n) is 6.07. The second-order valence-electron chi connectivity index (χ2n) is 8.07. The maximum absolute atomic E-state index is 14.3. The minimum Gasteiger partial charge on any atom is -0.393 e. The van der Waals surface area contributed by atoms with Gasteiger partial charge in [-0.05, 0) is 50.5 Å². The summed E-state index contributed by atoms with van der Waals surface area (Å²) in [4.78, 5) is 14.1. The molecule has 2 aliphatic carbocycles. The summed E-state index contributed by atoms with van der Waals surface area (Å²) >= 11 is 0. The number of carbonyl (C=O) groups excluding carboxylic acids is 1. The van der Waals surface area contributed by atoms with Crippen molar-refractivity contribution in [2.45, 2.75) is 56.7 Å². The zero-order valence-electron chi connectivity index (χ0n) is 14.8. The van der Waals surface area contributed by atoms with Crippen LogP contribution >= 0.6 is 0 Å². The predicted molar refractivity (Wildman–Crippen MR) is 93.3 cm³/mol. The molecule has 0 unspecified atom stereocenters. The molecule has 3 aliphatic rings. The number of carbonyl (C=O) groups is 1. The Hall–Kier alpha value is -1.53. The number of aliphatic hydroxyl groups is 1. The summed E-state index contributed by atoms with van der Waals surface area (Å²) in [7, 11) is 0. The first-order chi connectivity index (χ1) is 12.5. The zero-order valence-corrected chi connectivity index (χ0v) is 14.8. The SMILES string of the molecule is O=C(C1CC1)N1CCC(N[C@H](c2ccc(F)cc2F)C2CC(O)C2)CC1. The minimum atomic E-state index is -0.578. The molecule has 142 valence electrons. The highest BCUT2D eigenvalue weighted by Crippen LogP contribution is 2.40. The Morgan fingerprint density at radius 3 is 2.42 bits per heavy atom. The lowest BCUT2D eigenvalue weighted by atomic mass is 9.74. The van der Waals surface area contributed by atoms with E-state index in [9.17, 15) is 18.7 Å². The van der Waals surface area contributed by atoms with E-state index in [1.165, 1.54) is 12.1 Å². The number of piperidine rings is 1. The Labute approximate surface area is 152 Å². The van der Waals surface area contributed by atoms with Crippen molar-refractivity contribution in [3.63, 3.8) is 0 Å². The van der Waals surface area contributed by atoms with Crippen molar-refractivity contribution in [3.8, 4) is 0 Å². The Morgan fingerprint density at radius 1 is 1.15 bits per heavy atom. The van der Waals surface area contributed by atoms with Crippen LogP contribution in [0.2, 0.25) is 0 Å². The lowest BCUT2D eigenvalue weighted by Gasteiger charge is -2.42. The maximum atomic E-state index is 14.3. The van der Waals surface area contributed by atoms with Gasteiger partial charge in [0.2, 0.25) is 5.91 Å². The fourth-order valence-corrected chi connectivity index (χ4v) is 4.24. The van der Waals surface area contributed by atoms with E-state index in [1.54, 1.807) is 0 Å². The number of hydrogen-bond donors (Lipinski definition) is 2. The first kappa shape index (κ1) is 17.9. The van der Waals surface area contributed by atoms with Gasteiger partial charge in [0.15, 0.2) is 0 Å². The number of hydrogen-bond acceptors (Lipinski definition) is 3. The van der Waals surface area contributed by atoms with Crippen LogP contribution in [-0.4, -0.2) is 41.1 Å². The van der Waals surface area contributed by atoms with E-state index in [0.29, 0.717) is 18.4 Å². The van der Waals surface area contributed by atoms with Gasteiger partial charge < -0.3 is 15.3 Å². The molecule has 0 bridgehead atoms. The van der Waals surface area contributed by atoms with Crippen LogP contribution in [0.15, 0.2) is 18.2 Å². The van der Waals surface area contributed by atoms with Gasteiger partial charge in [-0.2, -0.15) is 0 Å². The maximum Gasteiger partial charge on any atom is 0.225 e. The van der Waals surface area contributed by atoms with Crippen LogP contribution in [0.4, 0.5) is 8.78 Å². The average molecular weight is 364 g/mol. The summed E-state index contributed by atoms with van der Waals surface area (Å²) in [5, 5.41) is 13.2. The number of nitrogens with zero attached hydrogens (tertiary/aromatic N) is 1. The number of nitrogens with one attached hydrogen (secondary N) is 1. The molecule has 0 spiro atoms. The van der Waals surface area contributed by atoms with E-state index in [1.807, 2.05) is 4.90 Å². The number of benzene rings is 1. The first-order valence-corrected chi connectivity index (χ1v) is 9.69. The molecule has 1 aromatic rings. The van der Waals surface area contributed by atoms with E-state index >= 15 is 0 Å². The van der Waals surface area contributed by atoms with E-state index in [4.69, 9.17) is 0 Å². The molecule has 4 nitrogen and oxygen atoms in total. The van der Waals surface area contributed by atoms with Gasteiger partial charge in [0.1, 0.15) is 11.6 Å². The molecule has 6 heteroatoms. The Kier molecular flexibility index (Phi) is 4.97. The Morgan fingerprint density at radius 2 is 1.85 bits per heavy atom. The summed E-state index contributed by atoms with van der Waals surface area (Å²) in [6, 6.07) is 3.70. The van der Waals surface area contributed by atoms with Crippen molar-refractivity contribution in [2.24, 2.45) is 11.8 Å². The van der Waals surface area contributed by atoms with Crippen molar-refractivity contribution >= 4 is 5.91 Å². The van der Waals surface area contributed by atoms with Gasteiger partial charge in [-0.25, -0.2) is 8.78 Å². The largest absolute Gasteiger partial charge is 0.393 e. The second-order valence-corrected chi connectivity index (χ2v) is 8.07. The van der Waals surface area contributed by atoms with Gasteiger partial charge in [-0.3, -0.25) is 4.79 Å². The number of halogens is 2. The van der Waals surface area contributed by atoms with Crippen molar-refractivity contribution in [1.29, 1.82) is 0 Å². The molecule has 1 amide bonds. The minimum absolute atomic E-state index is 0.149. The van der Waals surface area contributed by atoms with Gasteiger partial charge in [-0.1, -0.05) is 6.07 Å². The van der Waals surface area contributed by atoms with Crippen LogP contribution in [0.25, 0.3) is 0 Å². The summed E-state index contributed by atoms with van der Waals surface area (Å²) in [6.45, 7) is 1.47. The van der Waals surface area contributed by atoms with Crippen LogP contribution < -0.4 is 5.32 Å². The van der Waals surface area contributed by atoms with Crippen LogP contribution in [0.1, 0.15) is 50.1 Å². The Bertz CT molecular complexity index is 666. The van der Waals surface area contributed by atoms with Crippen molar-refractivity contribution < 1.29 is 18.7 Å². The highest BCUT2D eigenvalue weighted by Gasteiger charge is 2.39. The van der Waals surface area contributed by atoms with Crippen molar-refractivity contribution in [3.05, 3.63) is 35.4 Å². The van der Waals surface area contributed by atoms with Crippen LogP contribution in [0.5, 0.6) is 0 Å². The lowest BCUT2D eigenvalue weighted by Crippen LogP contribution is -2.49. The molecule has 1 aromatic carbocycles. The highest BCUT2D eigenvalue weighted by atomic mass is 19.1. The number of aliphatic hydroxyl groups excluding tert-OH is 1. The summed E-state index contributed by atoms with van der Waals surface area (Å²) in [5.41, 5.74) is 0.472. The molecule has 2 N–H and O–H groups in total. The molecule has 1 heterocycles. The summed E-state index contributed by atoms with van der Waals surface area (Å²) in [5.74, 6) is -0.435. The predicted octanol–water partition coefficient (Wildman–Crippen LogP) is 2.77. The topological polar surface area (TPSA) is 52.6 Å². The average Bonchev–Trinajstić information content (AvgIpc) is 3.43. The summed E-state index contributed by atoms with van der Waals surface area (Å²) < 4.78 is 27.6. The molecule has 1 aliphatic heterocycles. The van der Waals surface area contributed by atoms with Gasteiger partial charge >= 0.3 is 0 Å². The fraction of sp³-hybridized carbons (Fsp3) is 0.650. The second kappa shape index (κ2) is 7.24. The van der Waals surface area contributed by atoms with E-state index < -0.39 is 11.6 Å².